The molecule has 0 spiro atoms. The molecule has 0 atom stereocenters. The fraction of sp³-hybridized carbons (Fsp3) is 0.167. The molecule has 3 aromatic carbocycles. The van der Waals surface area contributed by atoms with Crippen LogP contribution >= 0.6 is 11.8 Å². The van der Waals surface area contributed by atoms with Crippen LogP contribution in [-0.4, -0.2) is 27.1 Å². The van der Waals surface area contributed by atoms with Crippen molar-refractivity contribution in [2.75, 3.05) is 12.4 Å². The summed E-state index contributed by atoms with van der Waals surface area (Å²) in [7, 11) is 0. The number of ether oxygens (including phenoxy) is 1. The topological polar surface area (TPSA) is 39.9 Å². The number of thioether (sulfide) groups is 1. The number of benzene rings is 3. The van der Waals surface area contributed by atoms with Crippen LogP contribution < -0.4 is 4.74 Å². The van der Waals surface area contributed by atoms with Crippen LogP contribution in [0.5, 0.6) is 5.75 Å². The highest BCUT2D eigenvalue weighted by Gasteiger charge is 2.16. The highest BCUT2D eigenvalue weighted by atomic mass is 32.2. The summed E-state index contributed by atoms with van der Waals surface area (Å²) >= 11 is 1.65. The molecular weight excluding hydrogens is 378 g/mol. The van der Waals surface area contributed by atoms with Gasteiger partial charge in [0.05, 0.1) is 6.61 Å². The van der Waals surface area contributed by atoms with Gasteiger partial charge in [0.2, 0.25) is 0 Å². The highest BCUT2D eigenvalue weighted by Crippen LogP contribution is 2.28. The summed E-state index contributed by atoms with van der Waals surface area (Å²) in [5, 5.41) is 9.81. The van der Waals surface area contributed by atoms with E-state index in [-0.39, 0.29) is 0 Å². The van der Waals surface area contributed by atoms with Gasteiger partial charge >= 0.3 is 0 Å². The van der Waals surface area contributed by atoms with Gasteiger partial charge in [0, 0.05) is 17.0 Å². The molecule has 0 bridgehead atoms. The smallest absolute Gasteiger partial charge is 0.196 e. The lowest BCUT2D eigenvalue weighted by atomic mass is 10.2. The standard InChI is InChI=1S/C24H23N3OS/c1-18-8-12-21(13-9-18)27-23(20-6-4-3-5-7-20)25-26-24(27)29-17-16-28-22-14-10-19(2)11-15-22/h3-15H,16-17H2,1-2H3. The van der Waals surface area contributed by atoms with Gasteiger partial charge in [-0.2, -0.15) is 0 Å². The van der Waals surface area contributed by atoms with Crippen molar-refractivity contribution in [3.05, 3.63) is 90.0 Å². The first-order chi connectivity index (χ1) is 14.2. The van der Waals surface area contributed by atoms with E-state index in [1.807, 2.05) is 30.3 Å². The fourth-order valence-electron chi connectivity index (χ4n) is 2.99. The van der Waals surface area contributed by atoms with Crippen molar-refractivity contribution in [1.29, 1.82) is 0 Å². The van der Waals surface area contributed by atoms with Gasteiger partial charge in [-0.05, 0) is 38.1 Å². The molecule has 4 aromatic rings. The zero-order valence-electron chi connectivity index (χ0n) is 16.6. The Hall–Kier alpha value is -3.05. The minimum atomic E-state index is 0.606. The minimum absolute atomic E-state index is 0.606. The van der Waals surface area contributed by atoms with E-state index in [9.17, 15) is 0 Å². The Morgan fingerprint density at radius 3 is 2.14 bits per heavy atom. The molecule has 1 heterocycles. The quantitative estimate of drug-likeness (QED) is 0.293. The molecular formula is C24H23N3OS. The second-order valence-corrected chi connectivity index (χ2v) is 7.92. The minimum Gasteiger partial charge on any atom is -0.493 e. The van der Waals surface area contributed by atoms with Crippen molar-refractivity contribution < 1.29 is 4.74 Å². The maximum Gasteiger partial charge on any atom is 0.196 e. The third-order valence-corrected chi connectivity index (χ3v) is 5.45. The van der Waals surface area contributed by atoms with Gasteiger partial charge in [-0.25, -0.2) is 0 Å². The van der Waals surface area contributed by atoms with Crippen molar-refractivity contribution in [2.45, 2.75) is 19.0 Å². The normalized spacial score (nSPS) is 10.8. The van der Waals surface area contributed by atoms with Crippen LogP contribution in [0, 0.1) is 13.8 Å². The molecule has 0 saturated heterocycles. The zero-order chi connectivity index (χ0) is 20.1. The summed E-state index contributed by atoms with van der Waals surface area (Å²) < 4.78 is 7.97. The van der Waals surface area contributed by atoms with Crippen molar-refractivity contribution >= 4 is 11.8 Å². The number of aryl methyl sites for hydroxylation is 2. The first-order valence-corrected chi connectivity index (χ1v) is 10.6. The largest absolute Gasteiger partial charge is 0.493 e. The van der Waals surface area contributed by atoms with Crippen LogP contribution in [0.25, 0.3) is 17.1 Å². The molecule has 0 saturated carbocycles. The van der Waals surface area contributed by atoms with E-state index in [4.69, 9.17) is 4.74 Å². The average Bonchev–Trinajstić information content (AvgIpc) is 3.17. The molecule has 4 rings (SSSR count). The summed E-state index contributed by atoms with van der Waals surface area (Å²) in [6.07, 6.45) is 0. The predicted molar refractivity (Wildman–Crippen MR) is 119 cm³/mol. The van der Waals surface area contributed by atoms with Crippen molar-refractivity contribution in [3.63, 3.8) is 0 Å². The van der Waals surface area contributed by atoms with Crippen LogP contribution in [0.1, 0.15) is 11.1 Å². The first kappa shape index (κ1) is 19.3. The second-order valence-electron chi connectivity index (χ2n) is 6.85. The zero-order valence-corrected chi connectivity index (χ0v) is 17.4. The lowest BCUT2D eigenvalue weighted by Gasteiger charge is -2.11. The Morgan fingerprint density at radius 2 is 1.45 bits per heavy atom. The Labute approximate surface area is 175 Å². The number of hydrogen-bond acceptors (Lipinski definition) is 4. The van der Waals surface area contributed by atoms with Gasteiger partial charge < -0.3 is 4.74 Å². The molecule has 0 radical (unpaired) electrons. The SMILES string of the molecule is Cc1ccc(OCCSc2nnc(-c3ccccc3)n2-c2ccc(C)cc2)cc1. The van der Waals surface area contributed by atoms with Gasteiger partial charge in [0.15, 0.2) is 11.0 Å². The number of nitrogens with zero attached hydrogens (tertiary/aromatic N) is 3. The lowest BCUT2D eigenvalue weighted by molar-refractivity contribution is 0.344. The number of hydrogen-bond donors (Lipinski definition) is 0. The van der Waals surface area contributed by atoms with Crippen molar-refractivity contribution in [1.82, 2.24) is 14.8 Å². The van der Waals surface area contributed by atoms with Gasteiger partial charge in [-0.3, -0.25) is 4.57 Å². The molecule has 29 heavy (non-hydrogen) atoms. The Balaban J connectivity index is 1.54. The van der Waals surface area contributed by atoms with Gasteiger partial charge in [-0.15, -0.1) is 10.2 Å². The molecule has 1 aromatic heterocycles. The summed E-state index contributed by atoms with van der Waals surface area (Å²) in [4.78, 5) is 0. The average molecular weight is 402 g/mol. The van der Waals surface area contributed by atoms with E-state index < -0.39 is 0 Å². The molecule has 4 nitrogen and oxygen atoms in total. The highest BCUT2D eigenvalue weighted by molar-refractivity contribution is 7.99. The van der Waals surface area contributed by atoms with Crippen LogP contribution in [0.3, 0.4) is 0 Å². The molecule has 0 aliphatic rings. The molecule has 0 unspecified atom stereocenters. The Morgan fingerprint density at radius 1 is 0.793 bits per heavy atom. The molecule has 0 fully saturated rings. The van der Waals surface area contributed by atoms with Crippen LogP contribution in [0.15, 0.2) is 84.0 Å². The molecule has 146 valence electrons. The first-order valence-electron chi connectivity index (χ1n) is 9.61. The van der Waals surface area contributed by atoms with Crippen LogP contribution in [0.4, 0.5) is 0 Å². The van der Waals surface area contributed by atoms with Gasteiger partial charge in [-0.1, -0.05) is 77.5 Å². The maximum absolute atomic E-state index is 5.86. The number of aromatic nitrogens is 3. The maximum atomic E-state index is 5.86. The second kappa shape index (κ2) is 8.97. The van der Waals surface area contributed by atoms with Gasteiger partial charge in [0.25, 0.3) is 0 Å². The van der Waals surface area contributed by atoms with Gasteiger partial charge in [0.1, 0.15) is 5.75 Å². The van der Waals surface area contributed by atoms with Crippen LogP contribution in [-0.2, 0) is 0 Å². The third kappa shape index (κ3) is 4.69. The number of rotatable bonds is 7. The van der Waals surface area contributed by atoms with Crippen molar-refractivity contribution in [3.8, 4) is 22.8 Å². The van der Waals surface area contributed by atoms with E-state index in [2.05, 4.69) is 77.1 Å². The van der Waals surface area contributed by atoms with E-state index in [0.29, 0.717) is 6.61 Å². The van der Waals surface area contributed by atoms with Crippen LogP contribution in [0.2, 0.25) is 0 Å². The van der Waals surface area contributed by atoms with E-state index in [1.165, 1.54) is 11.1 Å². The molecule has 0 aliphatic heterocycles. The molecule has 5 heteroatoms. The molecule has 0 aliphatic carbocycles. The van der Waals surface area contributed by atoms with E-state index in [0.717, 1.165) is 33.7 Å². The van der Waals surface area contributed by atoms with Crippen molar-refractivity contribution in [2.24, 2.45) is 0 Å². The summed E-state index contributed by atoms with van der Waals surface area (Å²) in [5.41, 5.74) is 4.56. The summed E-state index contributed by atoms with van der Waals surface area (Å²) in [6.45, 7) is 4.77. The third-order valence-electron chi connectivity index (χ3n) is 4.56. The van der Waals surface area contributed by atoms with E-state index in [1.54, 1.807) is 11.8 Å². The summed E-state index contributed by atoms with van der Waals surface area (Å²) in [6, 6.07) is 26.7. The lowest BCUT2D eigenvalue weighted by Crippen LogP contribution is -2.03. The van der Waals surface area contributed by atoms with E-state index >= 15 is 0 Å². The fourth-order valence-corrected chi connectivity index (χ4v) is 3.76. The predicted octanol–water partition coefficient (Wildman–Crippen LogP) is 5.72. The monoisotopic (exact) mass is 401 g/mol. The summed E-state index contributed by atoms with van der Waals surface area (Å²) in [5.74, 6) is 2.52. The molecule has 0 amide bonds. The molecule has 0 N–H and O–H groups in total. The Bertz CT molecular complexity index is 1060. The Kier molecular flexibility index (Phi) is 5.96.